The third kappa shape index (κ3) is 5.54. The number of H-pyrrole nitrogens is 1. The molecule has 1 aliphatic rings. The predicted molar refractivity (Wildman–Crippen MR) is 151 cm³/mol. The molecule has 42 heavy (non-hydrogen) atoms. The maximum Gasteiger partial charge on any atom is 0.406 e. The second-order valence-corrected chi connectivity index (χ2v) is 10.5. The second kappa shape index (κ2) is 10.6. The molecule has 6 rings (SSSR count). The highest BCUT2D eigenvalue weighted by molar-refractivity contribution is 5.82. The smallest absolute Gasteiger partial charge is 0.381 e. The minimum absolute atomic E-state index is 0.0477. The van der Waals surface area contributed by atoms with Crippen LogP contribution in [0.2, 0.25) is 0 Å². The van der Waals surface area contributed by atoms with Gasteiger partial charge in [0.25, 0.3) is 5.56 Å². The molecule has 12 nitrogen and oxygen atoms in total. The zero-order valence-corrected chi connectivity index (χ0v) is 23.1. The number of tetrazole rings is 1. The molecule has 1 aromatic carbocycles. The molecule has 1 saturated heterocycles. The van der Waals surface area contributed by atoms with E-state index in [0.29, 0.717) is 39.1 Å². The minimum atomic E-state index is -4.66. The highest BCUT2D eigenvalue weighted by Crippen LogP contribution is 2.29. The average molecular weight is 580 g/mol. The van der Waals surface area contributed by atoms with Crippen molar-refractivity contribution in [3.8, 4) is 22.8 Å². The van der Waals surface area contributed by atoms with Crippen molar-refractivity contribution in [1.29, 1.82) is 0 Å². The number of likely N-dealkylation sites (N-methyl/N-ethyl adjacent to an activating group) is 1. The molecular formula is C27H28F3N11O. The molecule has 5 heterocycles. The van der Waals surface area contributed by atoms with Crippen LogP contribution in [-0.4, -0.2) is 77.0 Å². The Kier molecular flexibility index (Phi) is 6.88. The number of likely N-dealkylation sites (tertiary alicyclic amines) is 1. The van der Waals surface area contributed by atoms with Crippen molar-refractivity contribution in [3.63, 3.8) is 0 Å². The number of alkyl halides is 3. The van der Waals surface area contributed by atoms with E-state index < -0.39 is 18.3 Å². The van der Waals surface area contributed by atoms with Crippen LogP contribution >= 0.6 is 0 Å². The standard InChI is InChI=1S/C27H28F3N11O/c1-15-10-21(24-36-37-38-40(24)3)34-22(15)20-11-16-12-31-26(35-23(16)41(25(20)42)14-27(28,29)30)33-18-6-4-17(5-7-18)32-19-8-9-39(2)13-19/h4-7,10-12,19,32,34H,8-9,13-14H2,1-3H3,(H,31,33,35). The Morgan fingerprint density at radius 1 is 1.12 bits per heavy atom. The van der Waals surface area contributed by atoms with E-state index in [-0.39, 0.29) is 22.5 Å². The van der Waals surface area contributed by atoms with Gasteiger partial charge in [-0.1, -0.05) is 0 Å². The molecule has 0 amide bonds. The molecule has 1 aliphatic heterocycles. The van der Waals surface area contributed by atoms with E-state index in [1.54, 1.807) is 20.0 Å². The number of nitrogens with zero attached hydrogens (tertiary/aromatic N) is 8. The Morgan fingerprint density at radius 3 is 2.55 bits per heavy atom. The average Bonchev–Trinajstić information content (AvgIpc) is 3.66. The van der Waals surface area contributed by atoms with Crippen LogP contribution < -0.4 is 16.2 Å². The summed E-state index contributed by atoms with van der Waals surface area (Å²) < 4.78 is 43.1. The fourth-order valence-corrected chi connectivity index (χ4v) is 5.21. The number of fused-ring (bicyclic) bond motifs is 1. The zero-order chi connectivity index (χ0) is 29.6. The Labute approximate surface area is 237 Å². The van der Waals surface area contributed by atoms with Crippen LogP contribution in [-0.2, 0) is 13.6 Å². The molecule has 0 aliphatic carbocycles. The summed E-state index contributed by atoms with van der Waals surface area (Å²) in [7, 11) is 3.74. The Bertz CT molecular complexity index is 1810. The summed E-state index contributed by atoms with van der Waals surface area (Å²) in [6.45, 7) is 2.25. The van der Waals surface area contributed by atoms with Gasteiger partial charge in [-0.3, -0.25) is 9.36 Å². The molecule has 1 unspecified atom stereocenters. The van der Waals surface area contributed by atoms with Crippen molar-refractivity contribution in [1.82, 2.24) is 44.6 Å². The highest BCUT2D eigenvalue weighted by Gasteiger charge is 2.31. The van der Waals surface area contributed by atoms with E-state index >= 15 is 0 Å². The molecule has 1 atom stereocenters. The van der Waals surface area contributed by atoms with Gasteiger partial charge in [-0.2, -0.15) is 18.2 Å². The van der Waals surface area contributed by atoms with Gasteiger partial charge in [-0.05, 0) is 79.3 Å². The van der Waals surface area contributed by atoms with Gasteiger partial charge in [0.2, 0.25) is 5.95 Å². The van der Waals surface area contributed by atoms with Crippen molar-refractivity contribution >= 4 is 28.4 Å². The van der Waals surface area contributed by atoms with E-state index in [0.717, 1.165) is 25.2 Å². The minimum Gasteiger partial charge on any atom is -0.381 e. The van der Waals surface area contributed by atoms with Gasteiger partial charge in [-0.25, -0.2) is 9.67 Å². The first kappa shape index (κ1) is 27.4. The van der Waals surface area contributed by atoms with Crippen molar-refractivity contribution in [2.24, 2.45) is 7.05 Å². The Balaban J connectivity index is 1.33. The van der Waals surface area contributed by atoms with Crippen molar-refractivity contribution < 1.29 is 13.2 Å². The van der Waals surface area contributed by atoms with Crippen LogP contribution in [0, 0.1) is 6.92 Å². The molecule has 15 heteroatoms. The normalized spacial score (nSPS) is 15.9. The van der Waals surface area contributed by atoms with Crippen LogP contribution in [0.4, 0.5) is 30.5 Å². The zero-order valence-electron chi connectivity index (χ0n) is 23.1. The summed E-state index contributed by atoms with van der Waals surface area (Å²) in [5.41, 5.74) is 2.20. The van der Waals surface area contributed by atoms with Gasteiger partial charge in [0.1, 0.15) is 12.2 Å². The lowest BCUT2D eigenvalue weighted by molar-refractivity contribution is -0.140. The Morgan fingerprint density at radius 2 is 1.88 bits per heavy atom. The number of aryl methyl sites for hydroxylation is 2. The van der Waals surface area contributed by atoms with Gasteiger partial charge < -0.3 is 20.5 Å². The van der Waals surface area contributed by atoms with Gasteiger partial charge in [-0.15, -0.1) is 5.10 Å². The van der Waals surface area contributed by atoms with Crippen LogP contribution in [0.25, 0.3) is 33.8 Å². The van der Waals surface area contributed by atoms with Crippen molar-refractivity contribution in [2.75, 3.05) is 30.8 Å². The van der Waals surface area contributed by atoms with E-state index in [9.17, 15) is 18.0 Å². The summed E-state index contributed by atoms with van der Waals surface area (Å²) in [5.74, 6) is 0.478. The van der Waals surface area contributed by atoms with E-state index in [4.69, 9.17) is 0 Å². The third-order valence-electron chi connectivity index (χ3n) is 7.21. The number of pyridine rings is 1. The van der Waals surface area contributed by atoms with Crippen LogP contribution in [0.5, 0.6) is 0 Å². The Hall–Kier alpha value is -4.79. The molecule has 4 aromatic heterocycles. The van der Waals surface area contributed by atoms with Gasteiger partial charge in [0.05, 0.1) is 17.0 Å². The van der Waals surface area contributed by atoms with E-state index in [1.165, 1.54) is 16.9 Å². The number of nitrogens with one attached hydrogen (secondary N) is 3. The van der Waals surface area contributed by atoms with Gasteiger partial charge in [0, 0.05) is 42.6 Å². The quantitative estimate of drug-likeness (QED) is 0.264. The number of benzene rings is 1. The third-order valence-corrected chi connectivity index (χ3v) is 7.21. The van der Waals surface area contributed by atoms with Crippen LogP contribution in [0.15, 0.2) is 47.4 Å². The number of hydrogen-bond acceptors (Lipinski definition) is 9. The molecule has 218 valence electrons. The van der Waals surface area contributed by atoms with E-state index in [2.05, 4.69) is 53.1 Å². The van der Waals surface area contributed by atoms with E-state index in [1.807, 2.05) is 24.3 Å². The molecule has 1 fully saturated rings. The molecule has 0 spiro atoms. The summed E-state index contributed by atoms with van der Waals surface area (Å²) in [6.07, 6.45) is -2.20. The number of anilines is 3. The lowest BCUT2D eigenvalue weighted by Gasteiger charge is -2.16. The molecule has 5 aromatic rings. The second-order valence-electron chi connectivity index (χ2n) is 10.5. The summed E-state index contributed by atoms with van der Waals surface area (Å²) in [4.78, 5) is 27.5. The summed E-state index contributed by atoms with van der Waals surface area (Å²) >= 11 is 0. The SMILES string of the molecule is Cc1cc(-c2nnnn2C)[nH]c1-c1cc2cnc(Nc3ccc(NC4CCN(C)C4)cc3)nc2n(CC(F)(F)F)c1=O. The summed E-state index contributed by atoms with van der Waals surface area (Å²) in [6, 6.07) is 11.1. The molecular weight excluding hydrogens is 551 g/mol. The predicted octanol–water partition coefficient (Wildman–Crippen LogP) is 3.71. The fourth-order valence-electron chi connectivity index (χ4n) is 5.21. The monoisotopic (exact) mass is 579 g/mol. The highest BCUT2D eigenvalue weighted by atomic mass is 19.4. The fraction of sp³-hybridized carbons (Fsp3) is 0.333. The molecule has 0 saturated carbocycles. The first-order valence-electron chi connectivity index (χ1n) is 13.3. The maximum absolute atomic E-state index is 13.7. The number of hydrogen-bond donors (Lipinski definition) is 3. The molecule has 0 bridgehead atoms. The lowest BCUT2D eigenvalue weighted by Crippen LogP contribution is -2.30. The van der Waals surface area contributed by atoms with Crippen LogP contribution in [0.1, 0.15) is 12.0 Å². The van der Waals surface area contributed by atoms with Crippen molar-refractivity contribution in [2.45, 2.75) is 32.1 Å². The maximum atomic E-state index is 13.7. The summed E-state index contributed by atoms with van der Waals surface area (Å²) in [5, 5.41) is 18.2. The van der Waals surface area contributed by atoms with Gasteiger partial charge >= 0.3 is 6.18 Å². The van der Waals surface area contributed by atoms with Crippen LogP contribution in [0.3, 0.4) is 0 Å². The number of rotatable bonds is 7. The number of aromatic nitrogens is 8. The number of aromatic amines is 1. The number of halogens is 3. The van der Waals surface area contributed by atoms with Gasteiger partial charge in [0.15, 0.2) is 5.82 Å². The van der Waals surface area contributed by atoms with Crippen molar-refractivity contribution in [3.05, 3.63) is 58.5 Å². The first-order valence-corrected chi connectivity index (χ1v) is 13.3. The topological polar surface area (TPSA) is 134 Å². The molecule has 0 radical (unpaired) electrons. The first-order chi connectivity index (χ1) is 20.0. The molecule has 3 N–H and O–H groups in total. The largest absolute Gasteiger partial charge is 0.406 e. The lowest BCUT2D eigenvalue weighted by atomic mass is 10.1.